The maximum atomic E-state index is 13.0. The number of piperidine rings is 1. The van der Waals surface area contributed by atoms with E-state index in [0.29, 0.717) is 11.3 Å². The van der Waals surface area contributed by atoms with Gasteiger partial charge in [-0.25, -0.2) is 0 Å². The number of aliphatic carboxylic acids is 1. The quantitative estimate of drug-likeness (QED) is 0.472. The molecule has 2 aromatic rings. The molecule has 1 aliphatic heterocycles. The summed E-state index contributed by atoms with van der Waals surface area (Å²) in [6, 6.07) is 9.45. The summed E-state index contributed by atoms with van der Waals surface area (Å²) in [5.74, 6) is -1.75. The number of carbonyl (C=O) groups is 2. The molecule has 2 unspecified atom stereocenters. The van der Waals surface area contributed by atoms with E-state index in [9.17, 15) is 23.1 Å². The Bertz CT molecular complexity index is 1130. The first-order valence-electron chi connectivity index (χ1n) is 10.9. The van der Waals surface area contributed by atoms with Crippen LogP contribution >= 0.6 is 23.2 Å². The average Bonchev–Trinajstić information content (AvgIpc) is 2.74. The first-order chi connectivity index (χ1) is 16.0. The number of nitrogens with zero attached hydrogens (tertiary/aromatic N) is 1. The highest BCUT2D eigenvalue weighted by molar-refractivity contribution is 7.87. The van der Waals surface area contributed by atoms with Crippen molar-refractivity contribution < 1.29 is 23.1 Å². The van der Waals surface area contributed by atoms with Crippen LogP contribution in [0.4, 0.5) is 5.69 Å². The third-order valence-electron chi connectivity index (χ3n) is 5.82. The van der Waals surface area contributed by atoms with Gasteiger partial charge in [-0.1, -0.05) is 47.8 Å². The maximum absolute atomic E-state index is 13.0. The second-order valence-corrected chi connectivity index (χ2v) is 10.8. The Morgan fingerprint density at radius 2 is 1.62 bits per heavy atom. The van der Waals surface area contributed by atoms with Gasteiger partial charge in [-0.15, -0.1) is 0 Å². The van der Waals surface area contributed by atoms with Crippen molar-refractivity contribution in [2.75, 3.05) is 5.32 Å². The van der Waals surface area contributed by atoms with Crippen molar-refractivity contribution in [1.29, 1.82) is 0 Å². The van der Waals surface area contributed by atoms with Crippen molar-refractivity contribution in [2.24, 2.45) is 0 Å². The number of halogens is 2. The summed E-state index contributed by atoms with van der Waals surface area (Å²) >= 11 is 12.1. The molecule has 0 spiro atoms. The lowest BCUT2D eigenvalue weighted by molar-refractivity contribution is -0.139. The number of carboxylic acids is 1. The smallest absolute Gasteiger partial charge is 0.322 e. The van der Waals surface area contributed by atoms with Gasteiger partial charge in [-0.05, 0) is 62.9 Å². The molecule has 0 saturated carbocycles. The predicted octanol–water partition coefficient (Wildman–Crippen LogP) is 4.34. The third kappa shape index (κ3) is 6.28. The molecule has 0 aromatic heterocycles. The highest BCUT2D eigenvalue weighted by atomic mass is 35.5. The summed E-state index contributed by atoms with van der Waals surface area (Å²) in [5.41, 5.74) is 1.19. The van der Waals surface area contributed by atoms with Crippen molar-refractivity contribution in [3.8, 4) is 0 Å². The Hall–Kier alpha value is -2.17. The van der Waals surface area contributed by atoms with Crippen LogP contribution in [0.2, 0.25) is 10.0 Å². The van der Waals surface area contributed by atoms with Crippen LogP contribution in [-0.4, -0.2) is 47.8 Å². The first kappa shape index (κ1) is 26.4. The molecule has 34 heavy (non-hydrogen) atoms. The number of nitrogens with one attached hydrogen (secondary N) is 2. The third-order valence-corrected chi connectivity index (χ3v) is 8.31. The number of anilines is 1. The number of benzene rings is 2. The molecule has 3 atom stereocenters. The van der Waals surface area contributed by atoms with Crippen molar-refractivity contribution in [1.82, 2.24) is 9.03 Å². The van der Waals surface area contributed by atoms with Crippen LogP contribution in [0.1, 0.15) is 49.0 Å². The van der Waals surface area contributed by atoms with Gasteiger partial charge in [0.15, 0.2) is 0 Å². The second kappa shape index (κ2) is 11.0. The molecular weight excluding hydrogens is 501 g/mol. The predicted molar refractivity (Wildman–Crippen MR) is 133 cm³/mol. The van der Waals surface area contributed by atoms with Crippen molar-refractivity contribution in [2.45, 2.75) is 57.7 Å². The minimum absolute atomic E-state index is 0.0598. The lowest BCUT2D eigenvalue weighted by Crippen LogP contribution is -2.55. The summed E-state index contributed by atoms with van der Waals surface area (Å²) in [7, 11) is -3.99. The van der Waals surface area contributed by atoms with E-state index < -0.39 is 28.1 Å². The van der Waals surface area contributed by atoms with Crippen molar-refractivity contribution >= 4 is 51.0 Å². The largest absolute Gasteiger partial charge is 0.480 e. The molecule has 1 aliphatic rings. The van der Waals surface area contributed by atoms with Crippen molar-refractivity contribution in [3.05, 3.63) is 63.6 Å². The topological polar surface area (TPSA) is 116 Å². The lowest BCUT2D eigenvalue weighted by Gasteiger charge is -2.38. The van der Waals surface area contributed by atoms with Gasteiger partial charge < -0.3 is 10.4 Å². The molecule has 11 heteroatoms. The fourth-order valence-electron chi connectivity index (χ4n) is 4.16. The summed E-state index contributed by atoms with van der Waals surface area (Å²) in [6.07, 6.45) is 2.34. The minimum atomic E-state index is -3.99. The fraction of sp³-hybridized carbons (Fsp3) is 0.391. The van der Waals surface area contributed by atoms with Crippen LogP contribution < -0.4 is 10.0 Å². The number of rotatable bonds is 8. The van der Waals surface area contributed by atoms with E-state index >= 15 is 0 Å². The molecule has 0 aliphatic carbocycles. The Morgan fingerprint density at radius 3 is 2.15 bits per heavy atom. The van der Waals surface area contributed by atoms with Crippen LogP contribution in [0.15, 0.2) is 42.5 Å². The first-order valence-corrected chi connectivity index (χ1v) is 13.1. The fourth-order valence-corrected chi connectivity index (χ4v) is 6.55. The van der Waals surface area contributed by atoms with Crippen LogP contribution in [-0.2, 0) is 21.4 Å². The van der Waals surface area contributed by atoms with E-state index in [1.807, 2.05) is 13.8 Å². The standard InChI is InChI=1S/C23H27Cl2N3O5S/c1-14-5-3-6-15(2)28(14)34(32,33)27-20(23(30)31)13-16-9-11-17(12-10-16)26-22(29)21-18(24)7-4-8-19(21)25/h4,7-12,14-15,20,27H,3,5-6,13H2,1-2H3,(H,26,29)(H,30,31)/t14?,15?,20-/m0/s1. The number of hydrogen-bond acceptors (Lipinski definition) is 4. The van der Waals surface area contributed by atoms with E-state index in [0.717, 1.165) is 19.3 Å². The molecule has 3 rings (SSSR count). The zero-order valence-corrected chi connectivity index (χ0v) is 21.1. The van der Waals surface area contributed by atoms with E-state index in [4.69, 9.17) is 23.2 Å². The molecule has 8 nitrogen and oxygen atoms in total. The maximum Gasteiger partial charge on any atom is 0.322 e. The monoisotopic (exact) mass is 527 g/mol. The number of carboxylic acid groups (broad SMARTS) is 1. The van der Waals surface area contributed by atoms with Crippen LogP contribution in [0.3, 0.4) is 0 Å². The summed E-state index contributed by atoms with van der Waals surface area (Å²) in [4.78, 5) is 24.4. The van der Waals surface area contributed by atoms with Gasteiger partial charge >= 0.3 is 5.97 Å². The Balaban J connectivity index is 1.70. The van der Waals surface area contributed by atoms with E-state index in [2.05, 4.69) is 10.0 Å². The van der Waals surface area contributed by atoms with Gasteiger partial charge in [0, 0.05) is 17.8 Å². The van der Waals surface area contributed by atoms with Gasteiger partial charge in [0.1, 0.15) is 6.04 Å². The molecule has 1 amide bonds. The van der Waals surface area contributed by atoms with Gasteiger partial charge in [0.25, 0.3) is 16.1 Å². The zero-order chi connectivity index (χ0) is 25.0. The van der Waals surface area contributed by atoms with Gasteiger partial charge in [-0.3, -0.25) is 9.59 Å². The zero-order valence-electron chi connectivity index (χ0n) is 18.8. The van der Waals surface area contributed by atoms with Crippen molar-refractivity contribution in [3.63, 3.8) is 0 Å². The summed E-state index contributed by atoms with van der Waals surface area (Å²) in [5, 5.41) is 12.8. The Kier molecular flexibility index (Phi) is 8.59. The van der Waals surface area contributed by atoms with Crippen LogP contribution in [0.25, 0.3) is 0 Å². The highest BCUT2D eigenvalue weighted by Gasteiger charge is 2.37. The van der Waals surface area contributed by atoms with E-state index in [1.54, 1.807) is 42.5 Å². The SMILES string of the molecule is CC1CCCC(C)N1S(=O)(=O)N[C@@H](Cc1ccc(NC(=O)c2c(Cl)cccc2Cl)cc1)C(=O)O. The second-order valence-electron chi connectivity index (χ2n) is 8.42. The minimum Gasteiger partial charge on any atom is -0.480 e. The Labute approximate surface area is 209 Å². The van der Waals surface area contributed by atoms with Crippen LogP contribution in [0, 0.1) is 0 Å². The van der Waals surface area contributed by atoms with Gasteiger partial charge in [0.05, 0.1) is 15.6 Å². The molecule has 1 fully saturated rings. The average molecular weight is 528 g/mol. The summed E-state index contributed by atoms with van der Waals surface area (Å²) in [6.45, 7) is 3.65. The van der Waals surface area contributed by atoms with Gasteiger partial charge in [-0.2, -0.15) is 17.4 Å². The van der Waals surface area contributed by atoms with Gasteiger partial charge in [0.2, 0.25) is 0 Å². The number of carbonyl (C=O) groups excluding carboxylic acids is 1. The number of hydrogen-bond donors (Lipinski definition) is 3. The molecular formula is C23H27Cl2N3O5S. The summed E-state index contributed by atoms with van der Waals surface area (Å²) < 4.78 is 29.6. The van der Waals surface area contributed by atoms with E-state index in [1.165, 1.54) is 4.31 Å². The highest BCUT2D eigenvalue weighted by Crippen LogP contribution is 2.26. The Morgan fingerprint density at radius 1 is 1.06 bits per heavy atom. The van der Waals surface area contributed by atoms with Crippen LogP contribution in [0.5, 0.6) is 0 Å². The molecule has 0 bridgehead atoms. The molecule has 2 aromatic carbocycles. The lowest BCUT2D eigenvalue weighted by atomic mass is 10.0. The molecule has 0 radical (unpaired) electrons. The molecule has 1 saturated heterocycles. The molecule has 184 valence electrons. The molecule has 3 N–H and O–H groups in total. The van der Waals surface area contributed by atoms with E-state index in [-0.39, 0.29) is 34.1 Å². The molecule has 1 heterocycles. The normalized spacial score (nSPS) is 20.0. The number of amides is 1.